The number of amides is 4. The molecule has 2 unspecified atom stereocenters. The van der Waals surface area contributed by atoms with Crippen molar-refractivity contribution in [3.8, 4) is 0 Å². The highest BCUT2D eigenvalue weighted by molar-refractivity contribution is 6.01. The van der Waals surface area contributed by atoms with Crippen molar-refractivity contribution in [1.29, 1.82) is 0 Å². The highest BCUT2D eigenvalue weighted by Crippen LogP contribution is 2.13. The molecule has 4 amide bonds. The number of rotatable bonds is 8. The number of carbonyl (C=O) groups excluding carboxylic acids is 5. The first-order chi connectivity index (χ1) is 13.7. The molecule has 2 N–H and O–H groups in total. The van der Waals surface area contributed by atoms with Gasteiger partial charge in [-0.2, -0.15) is 0 Å². The van der Waals surface area contributed by atoms with Crippen LogP contribution in [0.25, 0.3) is 0 Å². The molecule has 29 heavy (non-hydrogen) atoms. The number of nitrogens with one attached hydrogen (secondary N) is 2. The van der Waals surface area contributed by atoms with E-state index in [4.69, 9.17) is 4.84 Å². The zero-order valence-corrected chi connectivity index (χ0v) is 17.1. The van der Waals surface area contributed by atoms with E-state index in [2.05, 4.69) is 22.5 Å². The third-order valence-corrected chi connectivity index (χ3v) is 5.10. The van der Waals surface area contributed by atoms with Gasteiger partial charge in [0.15, 0.2) is 0 Å². The predicted octanol–water partition coefficient (Wildman–Crippen LogP) is -1.76. The summed E-state index contributed by atoms with van der Waals surface area (Å²) >= 11 is 0. The van der Waals surface area contributed by atoms with E-state index in [0.29, 0.717) is 17.6 Å². The van der Waals surface area contributed by atoms with Crippen LogP contribution in [0, 0.1) is 0 Å². The quantitative estimate of drug-likeness (QED) is 0.269. The van der Waals surface area contributed by atoms with Crippen LogP contribution in [-0.2, 0) is 28.8 Å². The summed E-state index contributed by atoms with van der Waals surface area (Å²) < 4.78 is 0. The van der Waals surface area contributed by atoms with E-state index >= 15 is 0 Å². The lowest BCUT2D eigenvalue weighted by atomic mass is 10.2. The average molecular weight is 420 g/mol. The predicted molar refractivity (Wildman–Crippen MR) is 101 cm³/mol. The fourth-order valence-electron chi connectivity index (χ4n) is 3.17. The lowest BCUT2D eigenvalue weighted by Gasteiger charge is -2.41. The van der Waals surface area contributed by atoms with Crippen LogP contribution in [0.3, 0.4) is 0 Å². The fraction of sp³-hybridized carbons (Fsp3) is 0.722. The van der Waals surface area contributed by atoms with E-state index in [0.717, 1.165) is 6.54 Å². The molecular formula is C18H29N5O6. The molecule has 0 radical (unpaired) electrons. The Morgan fingerprint density at radius 1 is 0.966 bits per heavy atom. The first-order valence-corrected chi connectivity index (χ1v) is 9.70. The number of imide groups is 1. The number of likely N-dealkylation sites (N-methyl/N-ethyl adjacent to an activating group) is 2. The van der Waals surface area contributed by atoms with Crippen LogP contribution in [0.4, 0.5) is 0 Å². The summed E-state index contributed by atoms with van der Waals surface area (Å²) in [5.41, 5.74) is 0. The maximum Gasteiger partial charge on any atom is 0.334 e. The third kappa shape index (κ3) is 6.50. The summed E-state index contributed by atoms with van der Waals surface area (Å²) in [6.45, 7) is 3.72. The van der Waals surface area contributed by atoms with Crippen molar-refractivity contribution < 1.29 is 28.8 Å². The van der Waals surface area contributed by atoms with Gasteiger partial charge >= 0.3 is 5.97 Å². The number of hydrogen-bond donors (Lipinski definition) is 2. The van der Waals surface area contributed by atoms with Gasteiger partial charge in [0.1, 0.15) is 6.04 Å². The molecule has 2 atom stereocenters. The number of nitrogens with zero attached hydrogens (tertiary/aromatic N) is 3. The molecule has 2 saturated heterocycles. The van der Waals surface area contributed by atoms with Gasteiger partial charge in [0.05, 0.1) is 6.42 Å². The molecule has 0 aromatic rings. The second kappa shape index (κ2) is 10.3. The first kappa shape index (κ1) is 22.8. The maximum atomic E-state index is 12.3. The van der Waals surface area contributed by atoms with Crippen molar-refractivity contribution >= 4 is 29.6 Å². The van der Waals surface area contributed by atoms with Gasteiger partial charge in [-0.25, -0.2) is 4.79 Å². The highest BCUT2D eigenvalue weighted by atomic mass is 16.8. The topological polar surface area (TPSA) is 128 Å². The van der Waals surface area contributed by atoms with Crippen LogP contribution in [-0.4, -0.2) is 96.8 Å². The maximum absolute atomic E-state index is 12.3. The first-order valence-electron chi connectivity index (χ1n) is 9.70. The minimum Gasteiger partial charge on any atom is -0.355 e. The van der Waals surface area contributed by atoms with E-state index < -0.39 is 17.8 Å². The van der Waals surface area contributed by atoms with Crippen LogP contribution in [0.15, 0.2) is 0 Å². The summed E-state index contributed by atoms with van der Waals surface area (Å²) in [6.07, 6.45) is -0.0415. The Kier molecular flexibility index (Phi) is 8.09. The van der Waals surface area contributed by atoms with Crippen molar-refractivity contribution in [3.63, 3.8) is 0 Å². The smallest absolute Gasteiger partial charge is 0.334 e. The fourth-order valence-corrected chi connectivity index (χ4v) is 3.17. The minimum absolute atomic E-state index is 0.00980. The number of carbonyl (C=O) groups is 5. The molecular weight excluding hydrogens is 391 g/mol. The largest absolute Gasteiger partial charge is 0.355 e. The summed E-state index contributed by atoms with van der Waals surface area (Å²) in [7, 11) is 3.88. The van der Waals surface area contributed by atoms with Gasteiger partial charge in [-0.1, -0.05) is 0 Å². The Labute approximate surface area is 169 Å². The van der Waals surface area contributed by atoms with Crippen molar-refractivity contribution in [2.24, 2.45) is 0 Å². The van der Waals surface area contributed by atoms with Gasteiger partial charge in [0, 0.05) is 51.5 Å². The Morgan fingerprint density at radius 2 is 1.59 bits per heavy atom. The summed E-state index contributed by atoms with van der Waals surface area (Å²) in [6, 6.07) is 0.119. The molecule has 0 aromatic heterocycles. The number of piperazine rings is 1. The molecule has 11 heteroatoms. The molecule has 0 aromatic carbocycles. The van der Waals surface area contributed by atoms with Crippen molar-refractivity contribution in [3.05, 3.63) is 0 Å². The van der Waals surface area contributed by atoms with Gasteiger partial charge in [-0.05, 0) is 21.0 Å². The second-order valence-electron chi connectivity index (χ2n) is 7.43. The van der Waals surface area contributed by atoms with E-state index in [1.807, 2.05) is 19.0 Å². The molecule has 0 bridgehead atoms. The molecule has 0 saturated carbocycles. The van der Waals surface area contributed by atoms with Crippen molar-refractivity contribution in [1.82, 2.24) is 25.5 Å². The molecule has 2 aliphatic rings. The average Bonchev–Trinajstić information content (AvgIpc) is 2.96. The Balaban J connectivity index is 1.60. The van der Waals surface area contributed by atoms with Crippen LogP contribution in [0.2, 0.25) is 0 Å². The highest BCUT2D eigenvalue weighted by Gasteiger charge is 2.33. The summed E-state index contributed by atoms with van der Waals surface area (Å²) in [5.74, 6) is -2.32. The Morgan fingerprint density at radius 3 is 2.24 bits per heavy atom. The molecule has 162 valence electrons. The molecule has 2 fully saturated rings. The van der Waals surface area contributed by atoms with E-state index in [-0.39, 0.29) is 56.6 Å². The van der Waals surface area contributed by atoms with Gasteiger partial charge < -0.3 is 20.4 Å². The molecule has 0 aliphatic carbocycles. The summed E-state index contributed by atoms with van der Waals surface area (Å²) in [5, 5.41) is 5.77. The Hall–Kier alpha value is -2.53. The zero-order valence-electron chi connectivity index (χ0n) is 17.1. The third-order valence-electron chi connectivity index (χ3n) is 5.10. The molecule has 11 nitrogen and oxygen atoms in total. The van der Waals surface area contributed by atoms with Crippen molar-refractivity contribution in [2.45, 2.75) is 44.7 Å². The van der Waals surface area contributed by atoms with Gasteiger partial charge in [0.2, 0.25) is 11.8 Å². The number of hydrogen-bond acceptors (Lipinski definition) is 8. The minimum atomic E-state index is -0.777. The van der Waals surface area contributed by atoms with E-state index in [1.165, 1.54) is 0 Å². The standard InChI is InChI=1S/C18H29N5O6/c1-12-10-22(3)13(11-21(12)2)18(28)20-8-6-14(24)19-9-7-17(27)29-23-15(25)4-5-16(23)26/h12-13H,4-11H2,1-3H3,(H,19,24)(H,20,28)/i2+1,3+1,7+1,9+1,14+1,17+1,19+1,21+1,22+1. The zero-order chi connectivity index (χ0) is 21.6. The Bertz CT molecular complexity index is 653. The summed E-state index contributed by atoms with van der Waals surface area (Å²) in [4.78, 5) is 67.4. The molecule has 2 aliphatic heterocycles. The van der Waals surface area contributed by atoms with Gasteiger partial charge in [-0.3, -0.25) is 24.1 Å². The van der Waals surface area contributed by atoms with Gasteiger partial charge in [-0.15, -0.1) is 5.06 Å². The molecule has 2 heterocycles. The van der Waals surface area contributed by atoms with Gasteiger partial charge in [0.25, 0.3) is 11.8 Å². The van der Waals surface area contributed by atoms with Crippen molar-refractivity contribution in [2.75, 3.05) is 40.3 Å². The van der Waals surface area contributed by atoms with E-state index in [1.54, 1.807) is 0 Å². The van der Waals surface area contributed by atoms with Crippen LogP contribution < -0.4 is 10.6 Å². The molecule has 2 rings (SSSR count). The normalized spacial score (nSPS) is 23.2. The van der Waals surface area contributed by atoms with E-state index in [9.17, 15) is 24.0 Å². The lowest BCUT2D eigenvalue weighted by Crippen LogP contribution is -2.59. The van der Waals surface area contributed by atoms with Crippen LogP contribution in [0.5, 0.6) is 0 Å². The SMILES string of the molecule is CC1C[15N]([13CH3])C(C(=O)NCC[13C](=O)[15NH][13CH2][13CH2][13C](=O)ON2C(=O)CCC2=O)C[15N]1[13CH3]. The number of hydroxylamine groups is 2. The second-order valence-corrected chi connectivity index (χ2v) is 7.43. The van der Waals surface area contributed by atoms with Crippen LogP contribution >= 0.6 is 0 Å². The monoisotopic (exact) mass is 420 g/mol. The molecule has 0 spiro atoms. The van der Waals surface area contributed by atoms with Crippen LogP contribution in [0.1, 0.15) is 32.6 Å². The lowest BCUT2D eigenvalue weighted by molar-refractivity contribution is -0.197.